The number of aliphatic hydroxyl groups excluding tert-OH is 1. The molecule has 1 amide bonds. The van der Waals surface area contributed by atoms with Gasteiger partial charge in [0.15, 0.2) is 0 Å². The lowest BCUT2D eigenvalue weighted by molar-refractivity contribution is 0.0636. The molecule has 2 aromatic heterocycles. The summed E-state index contributed by atoms with van der Waals surface area (Å²) in [6, 6.07) is 0. The van der Waals surface area contributed by atoms with Crippen molar-refractivity contribution in [3.8, 4) is 5.19 Å². The lowest BCUT2D eigenvalue weighted by Gasteiger charge is -2.18. The van der Waals surface area contributed by atoms with Gasteiger partial charge in [-0.25, -0.2) is 4.79 Å². The minimum absolute atomic E-state index is 0.153. The van der Waals surface area contributed by atoms with E-state index >= 15 is 0 Å². The van der Waals surface area contributed by atoms with Gasteiger partial charge in [0.1, 0.15) is 12.2 Å². The third-order valence-corrected chi connectivity index (χ3v) is 3.03. The van der Waals surface area contributed by atoms with Gasteiger partial charge >= 0.3 is 6.09 Å². The molecule has 2 aromatic rings. The first-order valence-corrected chi connectivity index (χ1v) is 7.54. The van der Waals surface area contributed by atoms with Crippen molar-refractivity contribution >= 4 is 22.6 Å². The molecule has 0 bridgehead atoms. The number of hydrogen-bond acceptors (Lipinski definition) is 9. The van der Waals surface area contributed by atoms with Gasteiger partial charge in [0.05, 0.1) is 30.4 Å². The molecule has 2 rings (SSSR count). The molecule has 0 saturated carbocycles. The van der Waals surface area contributed by atoms with Crippen molar-refractivity contribution in [1.29, 1.82) is 0 Å². The van der Waals surface area contributed by atoms with E-state index < -0.39 is 11.7 Å². The maximum atomic E-state index is 11.6. The smallest absolute Gasteiger partial charge is 0.414 e. The number of hydrogen-bond donors (Lipinski definition) is 2. The van der Waals surface area contributed by atoms with Crippen LogP contribution in [0, 0.1) is 0 Å². The molecule has 0 saturated heterocycles. The van der Waals surface area contributed by atoms with E-state index in [4.69, 9.17) is 14.6 Å². The lowest BCUT2D eigenvalue weighted by Crippen LogP contribution is -2.27. The Morgan fingerprint density at radius 3 is 2.57 bits per heavy atom. The minimum atomic E-state index is -0.606. The van der Waals surface area contributed by atoms with Crippen LogP contribution in [0.5, 0.6) is 5.19 Å². The quantitative estimate of drug-likeness (QED) is 0.845. The van der Waals surface area contributed by atoms with Crippen molar-refractivity contribution in [2.75, 3.05) is 5.32 Å². The Hall–Kier alpha value is -2.33. The first-order chi connectivity index (χ1) is 10.9. The van der Waals surface area contributed by atoms with Gasteiger partial charge in [-0.1, -0.05) is 5.10 Å². The lowest BCUT2D eigenvalue weighted by atomic mass is 10.2. The molecule has 0 aliphatic rings. The average molecular weight is 339 g/mol. The molecule has 10 heteroatoms. The number of carbonyl (C=O) groups excluding carboxylic acids is 1. The molecule has 0 atom stereocenters. The van der Waals surface area contributed by atoms with Gasteiger partial charge < -0.3 is 14.6 Å². The molecule has 2 heterocycles. The van der Waals surface area contributed by atoms with Gasteiger partial charge in [-0.3, -0.25) is 15.3 Å². The van der Waals surface area contributed by atoms with Gasteiger partial charge in [-0.15, -0.1) is 5.10 Å². The normalized spacial score (nSPS) is 11.1. The Balaban J connectivity index is 1.85. The van der Waals surface area contributed by atoms with Crippen LogP contribution >= 0.6 is 11.3 Å². The summed E-state index contributed by atoms with van der Waals surface area (Å²) in [4.78, 5) is 19.7. The number of carbonyl (C=O) groups is 1. The largest absolute Gasteiger partial charge is 0.462 e. The molecule has 0 aliphatic heterocycles. The van der Waals surface area contributed by atoms with Gasteiger partial charge in [-0.05, 0) is 32.1 Å². The molecule has 0 aliphatic carbocycles. The fourth-order valence-electron chi connectivity index (χ4n) is 1.38. The fraction of sp³-hybridized carbons (Fsp3) is 0.462. The van der Waals surface area contributed by atoms with Crippen LogP contribution in [-0.2, 0) is 18.0 Å². The zero-order valence-electron chi connectivity index (χ0n) is 12.9. The average Bonchev–Trinajstić information content (AvgIpc) is 2.91. The minimum Gasteiger partial charge on any atom is -0.462 e. The van der Waals surface area contributed by atoms with E-state index in [9.17, 15) is 4.79 Å². The van der Waals surface area contributed by atoms with Gasteiger partial charge in [0.2, 0.25) is 5.13 Å². The van der Waals surface area contributed by atoms with Crippen molar-refractivity contribution in [2.45, 2.75) is 39.6 Å². The highest BCUT2D eigenvalue weighted by Gasteiger charge is 2.17. The molecule has 0 aromatic carbocycles. The van der Waals surface area contributed by atoms with Gasteiger partial charge in [0, 0.05) is 0 Å². The number of nitrogens with one attached hydrogen (secondary N) is 1. The third kappa shape index (κ3) is 5.75. The molecule has 0 radical (unpaired) electrons. The Bertz CT molecular complexity index is 653. The van der Waals surface area contributed by atoms with E-state index in [1.807, 2.05) is 0 Å². The van der Waals surface area contributed by atoms with Crippen LogP contribution in [-0.4, -0.2) is 37.0 Å². The molecule has 9 nitrogen and oxygen atoms in total. The first kappa shape index (κ1) is 17.0. The first-order valence-electron chi connectivity index (χ1n) is 6.72. The summed E-state index contributed by atoms with van der Waals surface area (Å²) in [7, 11) is 0. The standard InChI is InChI=1S/C13H17N5O4S/c1-13(2,3)22-11(20)16-10-17-18-12(23-10)21-7-9-5-14-8(6-19)4-15-9/h4-5,19H,6-7H2,1-3H3,(H,16,17,20). The van der Waals surface area contributed by atoms with Crippen LogP contribution in [0.1, 0.15) is 32.2 Å². The second kappa shape index (κ2) is 7.29. The maximum Gasteiger partial charge on any atom is 0.414 e. The SMILES string of the molecule is CC(C)(C)OC(=O)Nc1nnc(OCc2cnc(CO)cn2)s1. The highest BCUT2D eigenvalue weighted by atomic mass is 32.1. The molecule has 23 heavy (non-hydrogen) atoms. The van der Waals surface area contributed by atoms with Crippen LogP contribution in [0.15, 0.2) is 12.4 Å². The molecule has 0 fully saturated rings. The summed E-state index contributed by atoms with van der Waals surface area (Å²) < 4.78 is 10.5. The number of nitrogens with zero attached hydrogens (tertiary/aromatic N) is 4. The zero-order valence-corrected chi connectivity index (χ0v) is 13.8. The topological polar surface area (TPSA) is 119 Å². The number of aliphatic hydroxyl groups is 1. The summed E-state index contributed by atoms with van der Waals surface area (Å²) in [5.41, 5.74) is 0.473. The van der Waals surface area contributed by atoms with Crippen LogP contribution < -0.4 is 10.1 Å². The van der Waals surface area contributed by atoms with Crippen molar-refractivity contribution in [3.05, 3.63) is 23.8 Å². The highest BCUT2D eigenvalue weighted by molar-refractivity contribution is 7.17. The molecule has 124 valence electrons. The monoisotopic (exact) mass is 339 g/mol. The van der Waals surface area contributed by atoms with Crippen LogP contribution in [0.4, 0.5) is 9.93 Å². The van der Waals surface area contributed by atoms with E-state index in [2.05, 4.69) is 25.5 Å². The van der Waals surface area contributed by atoms with Crippen molar-refractivity contribution in [1.82, 2.24) is 20.2 Å². The third-order valence-electron chi connectivity index (χ3n) is 2.28. The van der Waals surface area contributed by atoms with Crippen LogP contribution in [0.2, 0.25) is 0 Å². The molecular formula is C13H17N5O4S. The van der Waals surface area contributed by atoms with Crippen molar-refractivity contribution in [3.63, 3.8) is 0 Å². The Morgan fingerprint density at radius 2 is 1.96 bits per heavy atom. The Labute approximate surface area is 136 Å². The van der Waals surface area contributed by atoms with Crippen molar-refractivity contribution < 1.29 is 19.4 Å². The zero-order chi connectivity index (χ0) is 16.9. The second-order valence-electron chi connectivity index (χ2n) is 5.45. The Kier molecular flexibility index (Phi) is 5.40. The molecule has 0 spiro atoms. The predicted octanol–water partition coefficient (Wildman–Crippen LogP) is 1.75. The summed E-state index contributed by atoms with van der Waals surface area (Å²) >= 11 is 1.07. The second-order valence-corrected chi connectivity index (χ2v) is 6.39. The van der Waals surface area contributed by atoms with Crippen LogP contribution in [0.3, 0.4) is 0 Å². The van der Waals surface area contributed by atoms with E-state index in [-0.39, 0.29) is 23.5 Å². The number of aromatic nitrogens is 4. The highest BCUT2D eigenvalue weighted by Crippen LogP contribution is 2.23. The van der Waals surface area contributed by atoms with E-state index in [1.54, 1.807) is 20.8 Å². The van der Waals surface area contributed by atoms with Gasteiger partial charge in [-0.2, -0.15) is 0 Å². The number of anilines is 1. The van der Waals surface area contributed by atoms with E-state index in [1.165, 1.54) is 12.4 Å². The number of amides is 1. The molecular weight excluding hydrogens is 322 g/mol. The predicted molar refractivity (Wildman–Crippen MR) is 82.1 cm³/mol. The summed E-state index contributed by atoms with van der Waals surface area (Å²) in [6.45, 7) is 5.29. The van der Waals surface area contributed by atoms with Gasteiger partial charge in [0.25, 0.3) is 5.19 Å². The molecule has 2 N–H and O–H groups in total. The maximum absolute atomic E-state index is 11.6. The summed E-state index contributed by atoms with van der Waals surface area (Å²) in [6.07, 6.45) is 2.37. The number of ether oxygens (including phenoxy) is 2. The Morgan fingerprint density at radius 1 is 1.26 bits per heavy atom. The number of rotatable bonds is 5. The van der Waals surface area contributed by atoms with E-state index in [0.29, 0.717) is 11.4 Å². The van der Waals surface area contributed by atoms with E-state index in [0.717, 1.165) is 11.3 Å². The van der Waals surface area contributed by atoms with Crippen LogP contribution in [0.25, 0.3) is 0 Å². The van der Waals surface area contributed by atoms with Crippen molar-refractivity contribution in [2.24, 2.45) is 0 Å². The summed E-state index contributed by atoms with van der Waals surface area (Å²) in [5.74, 6) is 0. The molecule has 0 unspecified atom stereocenters. The fourth-order valence-corrected chi connectivity index (χ4v) is 1.96. The summed E-state index contributed by atoms with van der Waals surface area (Å²) in [5, 5.41) is 19.5.